The largest absolute Gasteiger partial charge is 0.379 e. The van der Waals surface area contributed by atoms with Gasteiger partial charge in [0.2, 0.25) is 5.91 Å². The summed E-state index contributed by atoms with van der Waals surface area (Å²) in [6, 6.07) is 3.10. The molecule has 3 rings (SSSR count). The molecule has 0 aliphatic carbocycles. The number of morpholine rings is 1. The topological polar surface area (TPSA) is 59.4 Å². The Morgan fingerprint density at radius 1 is 1.27 bits per heavy atom. The number of amides is 1. The normalized spacial score (nSPS) is 16.5. The van der Waals surface area contributed by atoms with E-state index in [2.05, 4.69) is 15.2 Å². The summed E-state index contributed by atoms with van der Waals surface area (Å²) >= 11 is 0. The predicted octanol–water partition coefficient (Wildman–Crippen LogP) is 2.18. The maximum atomic E-state index is 13.3. The maximum absolute atomic E-state index is 13.3. The summed E-state index contributed by atoms with van der Waals surface area (Å²) in [5, 5.41) is 2.81. The van der Waals surface area contributed by atoms with Crippen LogP contribution >= 0.6 is 0 Å². The van der Waals surface area contributed by atoms with Crippen molar-refractivity contribution < 1.29 is 18.3 Å². The molecule has 26 heavy (non-hydrogen) atoms. The third kappa shape index (κ3) is 4.44. The van der Waals surface area contributed by atoms with Gasteiger partial charge in [0.05, 0.1) is 19.3 Å². The summed E-state index contributed by atoms with van der Waals surface area (Å²) in [4.78, 5) is 18.8. The average molecular weight is 364 g/mol. The van der Waals surface area contributed by atoms with Crippen molar-refractivity contribution in [2.24, 2.45) is 0 Å². The van der Waals surface area contributed by atoms with Gasteiger partial charge in [-0.25, -0.2) is 13.8 Å². The smallest absolute Gasteiger partial charge is 0.242 e. The van der Waals surface area contributed by atoms with Gasteiger partial charge < -0.3 is 14.6 Å². The molecule has 0 bridgehead atoms. The van der Waals surface area contributed by atoms with Crippen molar-refractivity contribution in [3.63, 3.8) is 0 Å². The second-order valence-corrected chi connectivity index (χ2v) is 6.39. The molecule has 140 valence electrons. The molecule has 0 unspecified atom stereocenters. The Bertz CT molecular complexity index is 767. The molecule has 0 spiro atoms. The minimum absolute atomic E-state index is 0.145. The van der Waals surface area contributed by atoms with Gasteiger partial charge in [0.1, 0.15) is 17.5 Å². The Morgan fingerprint density at radius 2 is 1.92 bits per heavy atom. The fourth-order valence-corrected chi connectivity index (χ4v) is 2.99. The van der Waals surface area contributed by atoms with Crippen LogP contribution in [0.25, 0.3) is 0 Å². The van der Waals surface area contributed by atoms with E-state index in [1.807, 2.05) is 6.92 Å². The Hall–Kier alpha value is -2.32. The third-order valence-electron chi connectivity index (χ3n) is 4.48. The molecule has 0 radical (unpaired) electrons. The maximum Gasteiger partial charge on any atom is 0.242 e. The molecule has 1 N–H and O–H groups in total. The second-order valence-electron chi connectivity index (χ2n) is 6.39. The van der Waals surface area contributed by atoms with E-state index in [0.29, 0.717) is 43.5 Å². The van der Waals surface area contributed by atoms with E-state index in [0.717, 1.165) is 6.07 Å². The fraction of sp³-hybridized carbons (Fsp3) is 0.444. The highest BCUT2D eigenvalue weighted by Gasteiger charge is 2.23. The first kappa shape index (κ1) is 18.5. The first-order valence-corrected chi connectivity index (χ1v) is 8.54. The van der Waals surface area contributed by atoms with Crippen molar-refractivity contribution in [1.29, 1.82) is 0 Å². The molecule has 2 heterocycles. The van der Waals surface area contributed by atoms with Crippen LogP contribution in [0.2, 0.25) is 0 Å². The number of benzene rings is 1. The monoisotopic (exact) mass is 364 g/mol. The minimum atomic E-state index is -0.620. The van der Waals surface area contributed by atoms with Crippen LogP contribution in [-0.4, -0.2) is 52.7 Å². The SMILES string of the molecule is Cc1nc(NC(=O)[C@@H](C)N2CCOCC2)cn1Cc1cc(F)cc(F)c1. The van der Waals surface area contributed by atoms with Gasteiger partial charge in [-0.1, -0.05) is 0 Å². The van der Waals surface area contributed by atoms with E-state index in [-0.39, 0.29) is 18.5 Å². The van der Waals surface area contributed by atoms with Gasteiger partial charge in [0, 0.05) is 31.9 Å². The van der Waals surface area contributed by atoms with E-state index >= 15 is 0 Å². The second kappa shape index (κ2) is 7.92. The standard InChI is InChI=1S/C18H22F2N4O2/c1-12(23-3-5-26-6-4-23)18(25)22-17-11-24(13(2)21-17)10-14-7-15(19)9-16(20)8-14/h7-9,11-12H,3-6,10H2,1-2H3,(H,22,25)/t12-/m1/s1. The minimum Gasteiger partial charge on any atom is -0.379 e. The van der Waals surface area contributed by atoms with Crippen molar-refractivity contribution >= 4 is 11.7 Å². The summed E-state index contributed by atoms with van der Waals surface area (Å²) in [5.41, 5.74) is 0.488. The van der Waals surface area contributed by atoms with Gasteiger partial charge in [0.25, 0.3) is 0 Å². The zero-order chi connectivity index (χ0) is 18.7. The van der Waals surface area contributed by atoms with Crippen LogP contribution in [0.5, 0.6) is 0 Å². The summed E-state index contributed by atoms with van der Waals surface area (Å²) in [7, 11) is 0. The molecule has 0 saturated carbocycles. The van der Waals surface area contributed by atoms with Gasteiger partial charge in [-0.3, -0.25) is 9.69 Å². The number of rotatable bonds is 5. The quantitative estimate of drug-likeness (QED) is 0.884. The van der Waals surface area contributed by atoms with E-state index in [4.69, 9.17) is 4.74 Å². The Labute approximate surface area is 150 Å². The number of aromatic nitrogens is 2. The highest BCUT2D eigenvalue weighted by atomic mass is 19.1. The van der Waals surface area contributed by atoms with Gasteiger partial charge in [0.15, 0.2) is 5.82 Å². The molecule has 1 fully saturated rings. The van der Waals surface area contributed by atoms with Gasteiger partial charge in [-0.15, -0.1) is 0 Å². The number of carbonyl (C=O) groups is 1. The molecule has 8 heteroatoms. The molecule has 2 aromatic rings. The number of nitrogens with zero attached hydrogens (tertiary/aromatic N) is 3. The predicted molar refractivity (Wildman–Crippen MR) is 92.9 cm³/mol. The van der Waals surface area contributed by atoms with Gasteiger partial charge in [-0.05, 0) is 31.5 Å². The number of hydrogen-bond acceptors (Lipinski definition) is 4. The Kier molecular flexibility index (Phi) is 5.63. The molecule has 1 saturated heterocycles. The first-order valence-electron chi connectivity index (χ1n) is 8.54. The number of hydrogen-bond donors (Lipinski definition) is 1. The number of anilines is 1. The van der Waals surface area contributed by atoms with Crippen LogP contribution < -0.4 is 5.32 Å². The van der Waals surface area contributed by atoms with Crippen LogP contribution in [-0.2, 0) is 16.1 Å². The van der Waals surface area contributed by atoms with Crippen LogP contribution in [0.1, 0.15) is 18.3 Å². The lowest BCUT2D eigenvalue weighted by Crippen LogP contribution is -2.47. The number of halogens is 2. The van der Waals surface area contributed by atoms with E-state index in [9.17, 15) is 13.6 Å². The average Bonchev–Trinajstić information content (AvgIpc) is 2.93. The molecule has 1 aliphatic heterocycles. The number of nitrogens with one attached hydrogen (secondary N) is 1. The Morgan fingerprint density at radius 3 is 2.58 bits per heavy atom. The van der Waals surface area contributed by atoms with Gasteiger partial charge in [-0.2, -0.15) is 0 Å². The molecule has 1 aliphatic rings. The number of imidazole rings is 1. The van der Waals surface area contributed by atoms with Crippen molar-refractivity contribution in [2.45, 2.75) is 26.4 Å². The number of aryl methyl sites for hydroxylation is 1. The van der Waals surface area contributed by atoms with E-state index in [1.54, 1.807) is 17.7 Å². The van der Waals surface area contributed by atoms with E-state index < -0.39 is 11.6 Å². The van der Waals surface area contributed by atoms with Crippen molar-refractivity contribution in [1.82, 2.24) is 14.5 Å². The summed E-state index contributed by atoms with van der Waals surface area (Å²) in [6.07, 6.45) is 1.67. The van der Waals surface area contributed by atoms with Crippen LogP contribution in [0.15, 0.2) is 24.4 Å². The molecule has 1 aromatic heterocycles. The molecule has 1 amide bonds. The lowest BCUT2D eigenvalue weighted by molar-refractivity contribution is -0.122. The highest BCUT2D eigenvalue weighted by Crippen LogP contribution is 2.15. The number of carbonyl (C=O) groups excluding carboxylic acids is 1. The molecular formula is C18H22F2N4O2. The third-order valence-corrected chi connectivity index (χ3v) is 4.48. The first-order chi connectivity index (χ1) is 12.4. The lowest BCUT2D eigenvalue weighted by Gasteiger charge is -2.31. The van der Waals surface area contributed by atoms with Gasteiger partial charge >= 0.3 is 0 Å². The Balaban J connectivity index is 1.66. The highest BCUT2D eigenvalue weighted by molar-refractivity contribution is 5.93. The van der Waals surface area contributed by atoms with Crippen LogP contribution in [0, 0.1) is 18.6 Å². The van der Waals surface area contributed by atoms with Crippen molar-refractivity contribution in [3.8, 4) is 0 Å². The molecule has 1 aromatic carbocycles. The fourth-order valence-electron chi connectivity index (χ4n) is 2.99. The summed E-state index contributed by atoms with van der Waals surface area (Å²) in [5.74, 6) is -0.321. The molecule has 6 nitrogen and oxygen atoms in total. The van der Waals surface area contributed by atoms with Crippen LogP contribution in [0.4, 0.5) is 14.6 Å². The van der Waals surface area contributed by atoms with E-state index in [1.165, 1.54) is 12.1 Å². The lowest BCUT2D eigenvalue weighted by atomic mass is 10.2. The summed E-state index contributed by atoms with van der Waals surface area (Å²) in [6.45, 7) is 6.56. The summed E-state index contributed by atoms with van der Waals surface area (Å²) < 4.78 is 33.7. The van der Waals surface area contributed by atoms with Crippen molar-refractivity contribution in [2.75, 3.05) is 31.6 Å². The van der Waals surface area contributed by atoms with Crippen molar-refractivity contribution in [3.05, 3.63) is 47.4 Å². The zero-order valence-corrected chi connectivity index (χ0v) is 14.8. The molecule has 1 atom stereocenters. The number of ether oxygens (including phenoxy) is 1. The molecular weight excluding hydrogens is 342 g/mol. The van der Waals surface area contributed by atoms with Crippen LogP contribution in [0.3, 0.4) is 0 Å². The zero-order valence-electron chi connectivity index (χ0n) is 14.8.